The highest BCUT2D eigenvalue weighted by atomic mass is 16.4. The van der Waals surface area contributed by atoms with E-state index in [4.69, 9.17) is 5.26 Å². The van der Waals surface area contributed by atoms with Gasteiger partial charge in [0.2, 0.25) is 0 Å². The number of carbonyl (C=O) groups is 1. The van der Waals surface area contributed by atoms with Crippen molar-refractivity contribution in [3.8, 4) is 6.07 Å². The molecule has 0 fully saturated rings. The van der Waals surface area contributed by atoms with Gasteiger partial charge in [-0.1, -0.05) is 0 Å². The molecule has 2 aromatic rings. The molecule has 0 radical (unpaired) electrons. The number of aryl methyl sites for hydroxylation is 1. The molecule has 7 heteroatoms. The molecule has 0 saturated heterocycles. The summed E-state index contributed by atoms with van der Waals surface area (Å²) in [6.45, 7) is 0. The van der Waals surface area contributed by atoms with Gasteiger partial charge in [0.25, 0.3) is 0 Å². The first-order valence-electron chi connectivity index (χ1n) is 5.44. The maximum atomic E-state index is 11.3. The number of hydrogen-bond donors (Lipinski definition) is 2. The third-order valence-corrected chi connectivity index (χ3v) is 2.49. The minimum Gasteiger partial charge on any atom is -0.479 e. The average molecular weight is 257 g/mol. The third-order valence-electron chi connectivity index (χ3n) is 2.49. The van der Waals surface area contributed by atoms with Crippen molar-refractivity contribution < 1.29 is 9.90 Å². The highest BCUT2D eigenvalue weighted by Crippen LogP contribution is 2.19. The lowest BCUT2D eigenvalue weighted by molar-refractivity contribution is -0.138. The molecule has 2 aromatic heterocycles. The Morgan fingerprint density at radius 3 is 3.00 bits per heavy atom. The summed E-state index contributed by atoms with van der Waals surface area (Å²) in [5.74, 6) is -1.02. The van der Waals surface area contributed by atoms with Crippen LogP contribution in [0.2, 0.25) is 0 Å². The fraction of sp³-hybridized carbons (Fsp3) is 0.167. The number of pyridine rings is 1. The zero-order chi connectivity index (χ0) is 13.8. The smallest absolute Gasteiger partial charge is 0.330 e. The highest BCUT2D eigenvalue weighted by Gasteiger charge is 2.21. The van der Waals surface area contributed by atoms with Gasteiger partial charge in [0.05, 0.1) is 6.20 Å². The van der Waals surface area contributed by atoms with Crippen molar-refractivity contribution >= 4 is 11.7 Å². The molecule has 0 spiro atoms. The lowest BCUT2D eigenvalue weighted by atomic mass is 10.1. The number of aromatic nitrogens is 3. The molecule has 0 aromatic carbocycles. The maximum Gasteiger partial charge on any atom is 0.330 e. The average Bonchev–Trinajstić information content (AvgIpc) is 2.82. The quantitative estimate of drug-likeness (QED) is 0.844. The molecule has 2 N–H and O–H groups in total. The monoisotopic (exact) mass is 257 g/mol. The molecule has 19 heavy (non-hydrogen) atoms. The Labute approximate surface area is 109 Å². The molecular weight excluding hydrogens is 246 g/mol. The number of aliphatic carboxylic acids is 1. The van der Waals surface area contributed by atoms with Crippen LogP contribution in [0, 0.1) is 11.3 Å². The molecule has 0 aliphatic rings. The van der Waals surface area contributed by atoms with Gasteiger partial charge in [0.1, 0.15) is 11.8 Å². The zero-order valence-corrected chi connectivity index (χ0v) is 10.1. The molecule has 0 aliphatic carbocycles. The van der Waals surface area contributed by atoms with Gasteiger partial charge in [0.15, 0.2) is 6.04 Å². The fourth-order valence-electron chi connectivity index (χ4n) is 1.62. The van der Waals surface area contributed by atoms with E-state index < -0.39 is 12.0 Å². The Balaban J connectivity index is 2.27. The van der Waals surface area contributed by atoms with Crippen LogP contribution in [0.3, 0.4) is 0 Å². The van der Waals surface area contributed by atoms with E-state index in [0.29, 0.717) is 11.3 Å². The van der Waals surface area contributed by atoms with Crippen LogP contribution in [0.25, 0.3) is 0 Å². The minimum atomic E-state index is -1.02. The van der Waals surface area contributed by atoms with Gasteiger partial charge in [-0.15, -0.1) is 0 Å². The largest absolute Gasteiger partial charge is 0.479 e. The Bertz CT molecular complexity index is 644. The van der Waals surface area contributed by atoms with Crippen LogP contribution in [0.4, 0.5) is 5.69 Å². The first kappa shape index (κ1) is 12.6. The minimum absolute atomic E-state index is 0.223. The lowest BCUT2D eigenvalue weighted by Crippen LogP contribution is -2.20. The Kier molecular flexibility index (Phi) is 3.43. The summed E-state index contributed by atoms with van der Waals surface area (Å²) >= 11 is 0. The molecular formula is C12H11N5O2. The number of rotatable bonds is 4. The molecule has 2 rings (SSSR count). The molecule has 96 valence electrons. The van der Waals surface area contributed by atoms with E-state index >= 15 is 0 Å². The van der Waals surface area contributed by atoms with Gasteiger partial charge < -0.3 is 10.4 Å². The van der Waals surface area contributed by atoms with E-state index in [2.05, 4.69) is 15.4 Å². The van der Waals surface area contributed by atoms with Crippen LogP contribution < -0.4 is 5.32 Å². The lowest BCUT2D eigenvalue weighted by Gasteiger charge is -2.14. The van der Waals surface area contributed by atoms with E-state index in [9.17, 15) is 9.90 Å². The van der Waals surface area contributed by atoms with Crippen molar-refractivity contribution in [2.75, 3.05) is 5.32 Å². The van der Waals surface area contributed by atoms with Crippen LogP contribution in [0.1, 0.15) is 17.3 Å². The van der Waals surface area contributed by atoms with Gasteiger partial charge in [-0.2, -0.15) is 10.4 Å². The molecule has 7 nitrogen and oxygen atoms in total. The van der Waals surface area contributed by atoms with E-state index in [1.165, 1.54) is 23.1 Å². The summed E-state index contributed by atoms with van der Waals surface area (Å²) in [5, 5.41) is 24.8. The first-order valence-corrected chi connectivity index (χ1v) is 5.44. The summed E-state index contributed by atoms with van der Waals surface area (Å²) in [7, 11) is 1.71. The van der Waals surface area contributed by atoms with E-state index in [-0.39, 0.29) is 5.69 Å². The number of nitrogens with zero attached hydrogens (tertiary/aromatic N) is 4. The fourth-order valence-corrected chi connectivity index (χ4v) is 1.62. The molecule has 0 amide bonds. The molecule has 0 aliphatic heterocycles. The van der Waals surface area contributed by atoms with E-state index in [1.54, 1.807) is 19.3 Å². The van der Waals surface area contributed by atoms with Gasteiger partial charge in [-0.3, -0.25) is 4.68 Å². The number of nitrogens with one attached hydrogen (secondary N) is 1. The van der Waals surface area contributed by atoms with Crippen molar-refractivity contribution in [2.45, 2.75) is 6.04 Å². The normalized spacial score (nSPS) is 11.6. The van der Waals surface area contributed by atoms with Gasteiger partial charge in [-0.05, 0) is 12.1 Å². The van der Waals surface area contributed by atoms with Crippen molar-refractivity contribution in [1.82, 2.24) is 14.8 Å². The SMILES string of the molecule is Cn1cc(C(Nc2ccnc(C#N)c2)C(=O)O)cn1. The number of nitriles is 1. The van der Waals surface area contributed by atoms with Crippen molar-refractivity contribution in [1.29, 1.82) is 5.26 Å². The van der Waals surface area contributed by atoms with Crippen LogP contribution >= 0.6 is 0 Å². The summed E-state index contributed by atoms with van der Waals surface area (Å²) in [5.41, 5.74) is 1.27. The Morgan fingerprint density at radius 1 is 1.63 bits per heavy atom. The maximum absolute atomic E-state index is 11.3. The predicted octanol–water partition coefficient (Wildman–Crippen LogP) is 0.925. The number of anilines is 1. The first-order chi connectivity index (χ1) is 9.10. The van der Waals surface area contributed by atoms with Crippen LogP contribution in [-0.2, 0) is 11.8 Å². The molecule has 0 bridgehead atoms. The molecule has 1 atom stereocenters. The second-order valence-electron chi connectivity index (χ2n) is 3.90. The summed E-state index contributed by atoms with van der Waals surface area (Å²) in [6, 6.07) is 4.07. The van der Waals surface area contributed by atoms with Gasteiger partial charge in [0, 0.05) is 30.7 Å². The second kappa shape index (κ2) is 5.18. The van der Waals surface area contributed by atoms with Crippen molar-refractivity contribution in [3.05, 3.63) is 42.0 Å². The topological polar surface area (TPSA) is 104 Å². The van der Waals surface area contributed by atoms with E-state index in [0.717, 1.165) is 0 Å². The predicted molar refractivity (Wildman–Crippen MR) is 66.2 cm³/mol. The molecule has 1 unspecified atom stereocenters. The summed E-state index contributed by atoms with van der Waals surface area (Å²) in [6.07, 6.45) is 4.55. The second-order valence-corrected chi connectivity index (χ2v) is 3.90. The number of carboxylic acid groups (broad SMARTS) is 1. The van der Waals surface area contributed by atoms with Gasteiger partial charge >= 0.3 is 5.97 Å². The standard InChI is InChI=1S/C12H11N5O2/c1-17-7-8(6-15-17)11(12(18)19)16-9-2-3-14-10(4-9)5-13/h2-4,6-7,11H,1H3,(H,14,16)(H,18,19). The molecule has 2 heterocycles. The van der Waals surface area contributed by atoms with Crippen molar-refractivity contribution in [2.24, 2.45) is 7.05 Å². The number of carboxylic acids is 1. The zero-order valence-electron chi connectivity index (χ0n) is 10.1. The van der Waals surface area contributed by atoms with Crippen molar-refractivity contribution in [3.63, 3.8) is 0 Å². The summed E-state index contributed by atoms with van der Waals surface area (Å²) in [4.78, 5) is 15.1. The van der Waals surface area contributed by atoms with E-state index in [1.807, 2.05) is 6.07 Å². The summed E-state index contributed by atoms with van der Waals surface area (Å²) < 4.78 is 1.53. The van der Waals surface area contributed by atoms with Gasteiger partial charge in [-0.25, -0.2) is 9.78 Å². The molecule has 0 saturated carbocycles. The van der Waals surface area contributed by atoms with Crippen LogP contribution in [-0.4, -0.2) is 25.8 Å². The Hall–Kier alpha value is -2.88. The third kappa shape index (κ3) is 2.87. The highest BCUT2D eigenvalue weighted by molar-refractivity contribution is 5.79. The van der Waals surface area contributed by atoms with Crippen LogP contribution in [0.15, 0.2) is 30.7 Å². The van der Waals surface area contributed by atoms with Crippen LogP contribution in [0.5, 0.6) is 0 Å². The number of hydrogen-bond acceptors (Lipinski definition) is 5. The Morgan fingerprint density at radius 2 is 2.42 bits per heavy atom.